The number of carbonyl (C=O) groups excluding carboxylic acids is 2. The van der Waals surface area contributed by atoms with Gasteiger partial charge in [-0.1, -0.05) is 18.2 Å². The Labute approximate surface area is 157 Å². The number of methoxy groups -OCH3 is 3. The predicted octanol–water partition coefficient (Wildman–Crippen LogP) is 2.10. The third-order valence-corrected chi connectivity index (χ3v) is 3.84. The van der Waals surface area contributed by atoms with Crippen LogP contribution in [0.15, 0.2) is 48.5 Å². The third kappa shape index (κ3) is 5.35. The molecule has 0 aliphatic carbocycles. The van der Waals surface area contributed by atoms with Crippen LogP contribution in [-0.4, -0.2) is 44.5 Å². The maximum Gasteiger partial charge on any atom is 0.331 e. The lowest BCUT2D eigenvalue weighted by Crippen LogP contribution is -2.47. The number of aliphatic hydroxyl groups excluding tert-OH is 1. The van der Waals surface area contributed by atoms with Crippen molar-refractivity contribution >= 4 is 17.7 Å². The van der Waals surface area contributed by atoms with Gasteiger partial charge in [0.05, 0.1) is 21.3 Å². The Hall–Kier alpha value is -3.26. The molecular weight excluding hydrogens is 352 g/mol. The molecule has 2 aromatic carbocycles. The van der Waals surface area contributed by atoms with Crippen molar-refractivity contribution in [3.8, 4) is 11.5 Å². The van der Waals surface area contributed by atoms with Gasteiger partial charge in [-0.25, -0.2) is 9.59 Å². The molecule has 2 amide bonds. The average Bonchev–Trinajstić information content (AvgIpc) is 2.71. The van der Waals surface area contributed by atoms with Crippen molar-refractivity contribution in [1.29, 1.82) is 0 Å². The lowest BCUT2D eigenvalue weighted by atomic mass is 10.0. The normalized spacial score (nSPS) is 12.4. The van der Waals surface area contributed by atoms with Crippen LogP contribution in [-0.2, 0) is 9.53 Å². The number of nitrogens with one attached hydrogen (secondary N) is 2. The van der Waals surface area contributed by atoms with E-state index in [0.717, 1.165) is 0 Å². The first-order valence-electron chi connectivity index (χ1n) is 8.10. The van der Waals surface area contributed by atoms with Crippen LogP contribution < -0.4 is 20.1 Å². The highest BCUT2D eigenvalue weighted by Gasteiger charge is 2.30. The molecule has 0 heterocycles. The van der Waals surface area contributed by atoms with Gasteiger partial charge in [0.1, 0.15) is 17.6 Å². The monoisotopic (exact) mass is 374 g/mol. The smallest absolute Gasteiger partial charge is 0.331 e. The summed E-state index contributed by atoms with van der Waals surface area (Å²) in [5, 5.41) is 15.6. The van der Waals surface area contributed by atoms with E-state index in [9.17, 15) is 14.7 Å². The molecule has 0 aromatic heterocycles. The van der Waals surface area contributed by atoms with Crippen LogP contribution in [0.2, 0.25) is 0 Å². The molecular formula is C19H22N2O6. The second-order valence-corrected chi connectivity index (χ2v) is 5.55. The summed E-state index contributed by atoms with van der Waals surface area (Å²) in [6.07, 6.45) is -1.31. The minimum absolute atomic E-state index is 0.424. The number of urea groups is 1. The van der Waals surface area contributed by atoms with E-state index in [2.05, 4.69) is 10.6 Å². The number of benzene rings is 2. The number of hydrogen-bond acceptors (Lipinski definition) is 6. The summed E-state index contributed by atoms with van der Waals surface area (Å²) in [5.41, 5.74) is 0.891. The van der Waals surface area contributed by atoms with E-state index >= 15 is 0 Å². The molecule has 0 radical (unpaired) electrons. The first-order valence-corrected chi connectivity index (χ1v) is 8.10. The summed E-state index contributed by atoms with van der Waals surface area (Å²) in [7, 11) is 4.21. The van der Waals surface area contributed by atoms with Crippen molar-refractivity contribution in [2.24, 2.45) is 0 Å². The topological polar surface area (TPSA) is 106 Å². The highest BCUT2D eigenvalue weighted by atomic mass is 16.5. The number of hydrogen-bond donors (Lipinski definition) is 3. The van der Waals surface area contributed by atoms with Gasteiger partial charge in [0.15, 0.2) is 6.04 Å². The Morgan fingerprint density at radius 3 is 2.22 bits per heavy atom. The molecule has 144 valence electrons. The number of amides is 2. The quantitative estimate of drug-likeness (QED) is 0.641. The molecule has 8 nitrogen and oxygen atoms in total. The molecule has 0 bridgehead atoms. The fourth-order valence-corrected chi connectivity index (χ4v) is 2.40. The van der Waals surface area contributed by atoms with Crippen LogP contribution in [0, 0.1) is 0 Å². The molecule has 8 heteroatoms. The maximum atomic E-state index is 12.3. The first kappa shape index (κ1) is 20.1. The molecule has 0 fully saturated rings. The van der Waals surface area contributed by atoms with Crippen LogP contribution in [0.25, 0.3) is 0 Å². The molecule has 27 heavy (non-hydrogen) atoms. The summed E-state index contributed by atoms with van der Waals surface area (Å²) in [5.74, 6) is 0.388. The molecule has 0 saturated carbocycles. The third-order valence-electron chi connectivity index (χ3n) is 3.84. The summed E-state index contributed by atoms with van der Waals surface area (Å²) in [4.78, 5) is 24.3. The van der Waals surface area contributed by atoms with E-state index in [1.807, 2.05) is 0 Å². The zero-order chi connectivity index (χ0) is 19.8. The minimum Gasteiger partial charge on any atom is -0.497 e. The summed E-state index contributed by atoms with van der Waals surface area (Å²) < 4.78 is 14.9. The Balaban J connectivity index is 2.12. The van der Waals surface area contributed by atoms with Gasteiger partial charge in [-0.05, 0) is 29.8 Å². The zero-order valence-corrected chi connectivity index (χ0v) is 15.3. The van der Waals surface area contributed by atoms with Gasteiger partial charge in [-0.15, -0.1) is 0 Å². The van der Waals surface area contributed by atoms with Gasteiger partial charge >= 0.3 is 12.0 Å². The predicted molar refractivity (Wildman–Crippen MR) is 98.9 cm³/mol. The van der Waals surface area contributed by atoms with Crippen LogP contribution in [0.1, 0.15) is 11.7 Å². The molecule has 3 N–H and O–H groups in total. The van der Waals surface area contributed by atoms with Crippen LogP contribution >= 0.6 is 0 Å². The van der Waals surface area contributed by atoms with Crippen molar-refractivity contribution in [2.75, 3.05) is 26.6 Å². The lowest BCUT2D eigenvalue weighted by molar-refractivity contribution is -0.145. The Morgan fingerprint density at radius 2 is 1.63 bits per heavy atom. The van der Waals surface area contributed by atoms with Gasteiger partial charge in [0.2, 0.25) is 0 Å². The number of anilines is 1. The summed E-state index contributed by atoms with van der Waals surface area (Å²) in [6.45, 7) is 0. The van der Waals surface area contributed by atoms with Gasteiger partial charge in [0.25, 0.3) is 0 Å². The van der Waals surface area contributed by atoms with Crippen molar-refractivity contribution in [3.05, 3.63) is 54.1 Å². The Morgan fingerprint density at radius 1 is 0.963 bits per heavy atom. The minimum atomic E-state index is -1.31. The summed E-state index contributed by atoms with van der Waals surface area (Å²) in [6, 6.07) is 11.2. The standard InChI is InChI=1S/C19H22N2O6/c1-25-14-9-7-12(8-10-14)17(22)16(18(23)27-3)21-19(24)20-13-5-4-6-15(11-13)26-2/h4-11,16-17,22H,1-3H3,(H2,20,21,24). The average molecular weight is 374 g/mol. The zero-order valence-electron chi connectivity index (χ0n) is 15.3. The largest absolute Gasteiger partial charge is 0.497 e. The molecule has 2 atom stereocenters. The SMILES string of the molecule is COC(=O)C(NC(=O)Nc1cccc(OC)c1)C(O)c1ccc(OC)cc1. The van der Waals surface area contributed by atoms with Crippen molar-refractivity contribution in [2.45, 2.75) is 12.1 Å². The molecule has 0 aliphatic rings. The van der Waals surface area contributed by atoms with E-state index in [0.29, 0.717) is 22.7 Å². The van der Waals surface area contributed by atoms with E-state index in [1.54, 1.807) is 48.5 Å². The molecule has 2 rings (SSSR count). The van der Waals surface area contributed by atoms with E-state index in [1.165, 1.54) is 21.3 Å². The first-order chi connectivity index (χ1) is 13.0. The number of aliphatic hydroxyl groups is 1. The Bertz CT molecular complexity index is 778. The van der Waals surface area contributed by atoms with Crippen molar-refractivity contribution in [1.82, 2.24) is 5.32 Å². The Kier molecular flexibility index (Phi) is 7.01. The molecule has 2 aromatic rings. The van der Waals surface area contributed by atoms with Crippen molar-refractivity contribution < 1.29 is 28.9 Å². The fraction of sp³-hybridized carbons (Fsp3) is 0.263. The van der Waals surface area contributed by atoms with Gasteiger partial charge in [0, 0.05) is 11.8 Å². The number of carbonyl (C=O) groups is 2. The van der Waals surface area contributed by atoms with Gasteiger partial charge in [-0.2, -0.15) is 0 Å². The molecule has 2 unspecified atom stereocenters. The molecule has 0 saturated heterocycles. The van der Waals surface area contributed by atoms with Gasteiger partial charge < -0.3 is 30.0 Å². The van der Waals surface area contributed by atoms with E-state index in [-0.39, 0.29) is 0 Å². The highest BCUT2D eigenvalue weighted by molar-refractivity contribution is 5.93. The molecule has 0 aliphatic heterocycles. The lowest BCUT2D eigenvalue weighted by Gasteiger charge is -2.22. The number of esters is 1. The van der Waals surface area contributed by atoms with Crippen LogP contribution in [0.5, 0.6) is 11.5 Å². The second kappa shape index (κ2) is 9.44. The van der Waals surface area contributed by atoms with Crippen LogP contribution in [0.3, 0.4) is 0 Å². The van der Waals surface area contributed by atoms with E-state index in [4.69, 9.17) is 14.2 Å². The maximum absolute atomic E-state index is 12.3. The fourth-order valence-electron chi connectivity index (χ4n) is 2.40. The van der Waals surface area contributed by atoms with E-state index < -0.39 is 24.1 Å². The highest BCUT2D eigenvalue weighted by Crippen LogP contribution is 2.21. The van der Waals surface area contributed by atoms with Crippen molar-refractivity contribution in [3.63, 3.8) is 0 Å². The van der Waals surface area contributed by atoms with Gasteiger partial charge in [-0.3, -0.25) is 0 Å². The molecule has 0 spiro atoms. The second-order valence-electron chi connectivity index (χ2n) is 5.55. The van der Waals surface area contributed by atoms with Crippen LogP contribution in [0.4, 0.5) is 10.5 Å². The number of ether oxygens (including phenoxy) is 3. The summed E-state index contributed by atoms with van der Waals surface area (Å²) >= 11 is 0. The number of rotatable bonds is 7.